The summed E-state index contributed by atoms with van der Waals surface area (Å²) in [7, 11) is 0. The minimum absolute atomic E-state index is 0. The molecule has 1 aromatic heterocycles. The molecule has 1 saturated carbocycles. The molecule has 5 nitrogen and oxygen atoms in total. The number of aromatic nitrogens is 2. The Morgan fingerprint density at radius 1 is 1.35 bits per heavy atom. The van der Waals surface area contributed by atoms with Gasteiger partial charge in [-0.3, -0.25) is 4.79 Å². The van der Waals surface area contributed by atoms with Crippen LogP contribution in [0.1, 0.15) is 36.2 Å². The lowest BCUT2D eigenvalue weighted by Gasteiger charge is -2.28. The summed E-state index contributed by atoms with van der Waals surface area (Å²) in [6.07, 6.45) is 5.84. The topological polar surface area (TPSA) is 72.9 Å². The van der Waals surface area contributed by atoms with Crippen LogP contribution in [0.5, 0.6) is 0 Å². The number of carbonyl (C=O) groups excluding carboxylic acids is 1. The van der Waals surface area contributed by atoms with Crippen LogP contribution in [0.4, 0.5) is 0 Å². The highest BCUT2D eigenvalue weighted by Gasteiger charge is 2.34. The quantitative estimate of drug-likeness (QED) is 0.886. The molecular formula is C16H20Cl2N4O. The average molecular weight is 355 g/mol. The van der Waals surface area contributed by atoms with E-state index in [0.29, 0.717) is 17.3 Å². The minimum atomic E-state index is -0.267. The fourth-order valence-electron chi connectivity index (χ4n) is 2.94. The van der Waals surface area contributed by atoms with E-state index in [-0.39, 0.29) is 23.9 Å². The van der Waals surface area contributed by atoms with Gasteiger partial charge in [0.05, 0.1) is 11.2 Å². The smallest absolute Gasteiger partial charge is 0.272 e. The molecule has 3 N–H and O–H groups in total. The molecule has 1 aliphatic carbocycles. The number of hydrogen-bond acceptors (Lipinski definition) is 3. The van der Waals surface area contributed by atoms with Gasteiger partial charge in [-0.2, -0.15) is 5.10 Å². The van der Waals surface area contributed by atoms with Crippen molar-refractivity contribution in [1.82, 2.24) is 15.1 Å². The van der Waals surface area contributed by atoms with E-state index in [2.05, 4.69) is 10.4 Å². The Kier molecular flexibility index (Phi) is 5.68. The zero-order valence-corrected chi connectivity index (χ0v) is 14.2. The van der Waals surface area contributed by atoms with Gasteiger partial charge in [-0.05, 0) is 37.1 Å². The van der Waals surface area contributed by atoms with Crippen molar-refractivity contribution in [2.45, 2.75) is 31.2 Å². The maximum absolute atomic E-state index is 12.4. The number of nitrogens with two attached hydrogens (primary N) is 1. The van der Waals surface area contributed by atoms with Crippen LogP contribution in [0, 0.1) is 0 Å². The fraction of sp³-hybridized carbons (Fsp3) is 0.375. The highest BCUT2D eigenvalue weighted by Crippen LogP contribution is 2.28. The van der Waals surface area contributed by atoms with Crippen LogP contribution in [0.2, 0.25) is 5.02 Å². The number of carbonyl (C=O) groups is 1. The number of amides is 1. The summed E-state index contributed by atoms with van der Waals surface area (Å²) in [5.41, 5.74) is 6.80. The number of nitrogens with zero attached hydrogens (tertiary/aromatic N) is 2. The average Bonchev–Trinajstić information content (AvgIpc) is 3.17. The molecule has 7 heteroatoms. The second-order valence-corrected chi connectivity index (χ2v) is 6.21. The molecule has 1 aliphatic rings. The van der Waals surface area contributed by atoms with Crippen LogP contribution in [0.15, 0.2) is 36.5 Å². The lowest BCUT2D eigenvalue weighted by Crippen LogP contribution is -2.51. The first-order valence-corrected chi connectivity index (χ1v) is 7.84. The van der Waals surface area contributed by atoms with Crippen molar-refractivity contribution in [3.8, 4) is 5.69 Å². The van der Waals surface area contributed by atoms with E-state index >= 15 is 0 Å². The molecule has 0 radical (unpaired) electrons. The summed E-state index contributed by atoms with van der Waals surface area (Å²) < 4.78 is 1.64. The van der Waals surface area contributed by atoms with Crippen LogP contribution in [-0.4, -0.2) is 27.8 Å². The molecule has 2 aromatic rings. The van der Waals surface area contributed by atoms with Gasteiger partial charge < -0.3 is 11.1 Å². The molecule has 0 spiro atoms. The van der Waals surface area contributed by atoms with Gasteiger partial charge in [0.1, 0.15) is 0 Å². The van der Waals surface area contributed by atoms with E-state index in [0.717, 1.165) is 31.4 Å². The zero-order valence-electron chi connectivity index (χ0n) is 12.7. The monoisotopic (exact) mass is 354 g/mol. The third-order valence-electron chi connectivity index (χ3n) is 4.22. The van der Waals surface area contributed by atoms with Gasteiger partial charge >= 0.3 is 0 Å². The van der Waals surface area contributed by atoms with Crippen molar-refractivity contribution in [3.05, 3.63) is 47.2 Å². The van der Waals surface area contributed by atoms with Crippen molar-refractivity contribution >= 4 is 29.9 Å². The number of benzene rings is 1. The maximum Gasteiger partial charge on any atom is 0.272 e. The summed E-state index contributed by atoms with van der Waals surface area (Å²) in [5.74, 6) is -0.173. The Hall–Kier alpha value is -1.56. The van der Waals surface area contributed by atoms with E-state index in [9.17, 15) is 4.79 Å². The van der Waals surface area contributed by atoms with Crippen LogP contribution in [0.25, 0.3) is 5.69 Å². The Morgan fingerprint density at radius 2 is 2.09 bits per heavy atom. The summed E-state index contributed by atoms with van der Waals surface area (Å²) in [5, 5.41) is 8.03. The normalized spacial score (nSPS) is 15.9. The van der Waals surface area contributed by atoms with Crippen molar-refractivity contribution in [2.75, 3.05) is 6.54 Å². The van der Waals surface area contributed by atoms with Crippen molar-refractivity contribution < 1.29 is 4.79 Å². The van der Waals surface area contributed by atoms with Crippen LogP contribution in [-0.2, 0) is 0 Å². The Balaban J connectivity index is 0.00000192. The lowest BCUT2D eigenvalue weighted by molar-refractivity contribution is 0.0897. The SMILES string of the molecule is Cl.NCC1(NC(=O)c2ccn(-c3cccc(Cl)c3)n2)CCCC1. The van der Waals surface area contributed by atoms with Gasteiger partial charge in [-0.25, -0.2) is 4.68 Å². The van der Waals surface area contributed by atoms with Crippen LogP contribution in [0.3, 0.4) is 0 Å². The molecule has 124 valence electrons. The standard InChI is InChI=1S/C16H19ClN4O.ClH/c17-12-4-3-5-13(10-12)21-9-6-14(20-21)15(22)19-16(11-18)7-1-2-8-16;/h3-6,9-10H,1-2,7-8,11,18H2,(H,19,22);1H. The molecule has 0 saturated heterocycles. The first-order chi connectivity index (χ1) is 10.6. The van der Waals surface area contributed by atoms with E-state index in [1.165, 1.54) is 0 Å². The van der Waals surface area contributed by atoms with Crippen LogP contribution >= 0.6 is 24.0 Å². The first-order valence-electron chi connectivity index (χ1n) is 7.46. The Bertz CT molecular complexity index is 680. The molecule has 0 atom stereocenters. The van der Waals surface area contributed by atoms with Crippen molar-refractivity contribution in [3.63, 3.8) is 0 Å². The number of nitrogens with one attached hydrogen (secondary N) is 1. The molecule has 1 aromatic carbocycles. The molecule has 0 aliphatic heterocycles. The molecule has 0 unspecified atom stereocenters. The number of hydrogen-bond donors (Lipinski definition) is 2. The van der Waals surface area contributed by atoms with Gasteiger partial charge in [-0.1, -0.05) is 30.5 Å². The predicted molar refractivity (Wildman–Crippen MR) is 93.5 cm³/mol. The molecule has 23 heavy (non-hydrogen) atoms. The Morgan fingerprint density at radius 3 is 2.74 bits per heavy atom. The van der Waals surface area contributed by atoms with Gasteiger partial charge in [0.2, 0.25) is 0 Å². The molecule has 0 bridgehead atoms. The number of rotatable bonds is 4. The molecule has 1 heterocycles. The van der Waals surface area contributed by atoms with Crippen molar-refractivity contribution in [1.29, 1.82) is 0 Å². The van der Waals surface area contributed by atoms with Gasteiger partial charge in [0, 0.05) is 17.8 Å². The van der Waals surface area contributed by atoms with Crippen LogP contribution < -0.4 is 11.1 Å². The summed E-state index contributed by atoms with van der Waals surface area (Å²) in [6, 6.07) is 9.04. The molecule has 3 rings (SSSR count). The van der Waals surface area contributed by atoms with Gasteiger partial charge in [0.25, 0.3) is 5.91 Å². The summed E-state index contributed by atoms with van der Waals surface area (Å²) in [6.45, 7) is 0.466. The number of halogens is 2. The fourth-order valence-corrected chi connectivity index (χ4v) is 3.13. The second kappa shape index (κ2) is 7.34. The molecule has 1 fully saturated rings. The maximum atomic E-state index is 12.4. The predicted octanol–water partition coefficient (Wildman–Crippen LogP) is 2.95. The highest BCUT2D eigenvalue weighted by molar-refractivity contribution is 6.30. The second-order valence-electron chi connectivity index (χ2n) is 5.77. The first kappa shape index (κ1) is 17.8. The van der Waals surface area contributed by atoms with Gasteiger partial charge in [0.15, 0.2) is 5.69 Å². The Labute approximate surface area is 146 Å². The highest BCUT2D eigenvalue weighted by atomic mass is 35.5. The van der Waals surface area contributed by atoms with E-state index < -0.39 is 0 Å². The molecular weight excluding hydrogens is 335 g/mol. The van der Waals surface area contributed by atoms with Crippen molar-refractivity contribution in [2.24, 2.45) is 5.73 Å². The third-order valence-corrected chi connectivity index (χ3v) is 4.46. The lowest BCUT2D eigenvalue weighted by atomic mass is 9.97. The molecule has 1 amide bonds. The van der Waals surface area contributed by atoms with E-state index in [1.54, 1.807) is 29.1 Å². The summed E-state index contributed by atoms with van der Waals surface area (Å²) in [4.78, 5) is 12.4. The van der Waals surface area contributed by atoms with Gasteiger partial charge in [-0.15, -0.1) is 12.4 Å². The van der Waals surface area contributed by atoms with E-state index in [4.69, 9.17) is 17.3 Å². The zero-order chi connectivity index (χ0) is 15.6. The minimum Gasteiger partial charge on any atom is -0.344 e. The summed E-state index contributed by atoms with van der Waals surface area (Å²) >= 11 is 5.98. The largest absolute Gasteiger partial charge is 0.344 e. The van der Waals surface area contributed by atoms with E-state index in [1.807, 2.05) is 12.1 Å². The third kappa shape index (κ3) is 3.86.